The molecule has 10 heavy (non-hydrogen) atoms. The third kappa shape index (κ3) is 1.22. The first-order chi connectivity index (χ1) is 4.74. The molecule has 0 bridgehead atoms. The van der Waals surface area contributed by atoms with E-state index in [-0.39, 0.29) is 5.76 Å². The van der Waals surface area contributed by atoms with Crippen LogP contribution in [0.15, 0.2) is 16.5 Å². The van der Waals surface area contributed by atoms with Gasteiger partial charge in [0.1, 0.15) is 5.76 Å². The summed E-state index contributed by atoms with van der Waals surface area (Å²) in [6, 6.07) is 2.87. The smallest absolute Gasteiger partial charge is 0.371 e. The second-order valence-electron chi connectivity index (χ2n) is 1.63. The summed E-state index contributed by atoms with van der Waals surface area (Å²) in [6.45, 7) is 0. The van der Waals surface area contributed by atoms with E-state index >= 15 is 0 Å². The van der Waals surface area contributed by atoms with Crippen LogP contribution in [0.4, 0.5) is 0 Å². The lowest BCUT2D eigenvalue weighted by Gasteiger charge is -1.82. The molecule has 0 unspecified atom stereocenters. The first-order valence-corrected chi connectivity index (χ1v) is 2.99. The van der Waals surface area contributed by atoms with Gasteiger partial charge in [-0.05, 0) is 12.1 Å². The van der Waals surface area contributed by atoms with Gasteiger partial charge in [-0.2, -0.15) is 0 Å². The van der Waals surface area contributed by atoms with Gasteiger partial charge in [-0.1, -0.05) is 12.2 Å². The summed E-state index contributed by atoms with van der Waals surface area (Å²) in [5.41, 5.74) is 0. The molecule has 0 aliphatic heterocycles. The van der Waals surface area contributed by atoms with Gasteiger partial charge in [-0.3, -0.25) is 0 Å². The molecular formula is C6H4O3S. The predicted molar refractivity (Wildman–Crippen MR) is 38.4 cm³/mol. The third-order valence-corrected chi connectivity index (χ3v) is 1.19. The summed E-state index contributed by atoms with van der Waals surface area (Å²) in [6.07, 6.45) is 0. The zero-order valence-corrected chi connectivity index (χ0v) is 5.72. The molecule has 0 amide bonds. The van der Waals surface area contributed by atoms with Crippen molar-refractivity contribution >= 4 is 23.6 Å². The molecule has 1 rings (SSSR count). The first-order valence-electron chi connectivity index (χ1n) is 2.52. The molecule has 3 nitrogen and oxygen atoms in total. The molecule has 0 saturated heterocycles. The molecule has 1 heterocycles. The molecule has 0 aliphatic carbocycles. The van der Waals surface area contributed by atoms with Crippen molar-refractivity contribution < 1.29 is 14.3 Å². The lowest BCUT2D eigenvalue weighted by molar-refractivity contribution is 0.0662. The van der Waals surface area contributed by atoms with E-state index in [9.17, 15) is 4.79 Å². The van der Waals surface area contributed by atoms with Crippen LogP contribution in [0.3, 0.4) is 0 Å². The number of hydrogen-bond acceptors (Lipinski definition) is 3. The zero-order chi connectivity index (χ0) is 7.56. The van der Waals surface area contributed by atoms with E-state index in [0.717, 1.165) is 0 Å². The van der Waals surface area contributed by atoms with Gasteiger partial charge in [-0.25, -0.2) is 4.79 Å². The maximum Gasteiger partial charge on any atom is 0.371 e. The fraction of sp³-hybridized carbons (Fsp3) is 0. The fourth-order valence-electron chi connectivity index (χ4n) is 0.531. The number of aromatic carboxylic acids is 1. The van der Waals surface area contributed by atoms with Gasteiger partial charge in [0.15, 0.2) is 0 Å². The largest absolute Gasteiger partial charge is 0.475 e. The van der Waals surface area contributed by atoms with Gasteiger partial charge in [-0.15, -0.1) is 0 Å². The topological polar surface area (TPSA) is 50.4 Å². The fourth-order valence-corrected chi connectivity index (χ4v) is 0.658. The molecule has 1 aromatic rings. The summed E-state index contributed by atoms with van der Waals surface area (Å²) in [5, 5.41) is 9.64. The average molecular weight is 156 g/mol. The number of thiocarbonyl (C=S) groups is 1. The van der Waals surface area contributed by atoms with Crippen LogP contribution in [0.5, 0.6) is 0 Å². The van der Waals surface area contributed by atoms with Gasteiger partial charge in [0.25, 0.3) is 0 Å². The molecular weight excluding hydrogens is 152 g/mol. The van der Waals surface area contributed by atoms with Crippen molar-refractivity contribution in [3.63, 3.8) is 0 Å². The molecule has 0 aromatic carbocycles. The van der Waals surface area contributed by atoms with Crippen molar-refractivity contribution in [3.8, 4) is 0 Å². The van der Waals surface area contributed by atoms with Gasteiger partial charge >= 0.3 is 5.97 Å². The quantitative estimate of drug-likeness (QED) is 0.656. The third-order valence-electron chi connectivity index (χ3n) is 0.954. The Morgan fingerprint density at radius 2 is 2.40 bits per heavy atom. The normalized spacial score (nSPS) is 9.20. The van der Waals surface area contributed by atoms with Crippen LogP contribution < -0.4 is 0 Å². The standard InChI is InChI=1S/C6H4O3S/c7-6(8)5-2-1-4(3-10)9-5/h1-3H,(H,7,8). The Bertz CT molecular complexity index is 264. The molecule has 1 aromatic heterocycles. The van der Waals surface area contributed by atoms with Crippen LogP contribution >= 0.6 is 12.2 Å². The van der Waals surface area contributed by atoms with E-state index in [1.54, 1.807) is 0 Å². The lowest BCUT2D eigenvalue weighted by atomic mass is 10.4. The van der Waals surface area contributed by atoms with Gasteiger partial charge < -0.3 is 9.52 Å². The minimum atomic E-state index is -1.08. The highest BCUT2D eigenvalue weighted by Gasteiger charge is 2.06. The van der Waals surface area contributed by atoms with Crippen LogP contribution in [0.25, 0.3) is 0 Å². The van der Waals surface area contributed by atoms with E-state index in [2.05, 4.69) is 12.2 Å². The van der Waals surface area contributed by atoms with Crippen molar-refractivity contribution in [2.75, 3.05) is 0 Å². The number of rotatable bonds is 2. The summed E-state index contributed by atoms with van der Waals surface area (Å²) < 4.78 is 4.73. The molecule has 0 aliphatic rings. The second kappa shape index (κ2) is 2.62. The molecule has 52 valence electrons. The number of carboxylic acids is 1. The van der Waals surface area contributed by atoms with E-state index in [1.165, 1.54) is 17.5 Å². The highest BCUT2D eigenvalue weighted by Crippen LogP contribution is 2.04. The minimum absolute atomic E-state index is 0.0869. The SMILES string of the molecule is O=C(O)c1ccc(C=S)o1. The number of carbonyl (C=O) groups is 1. The van der Waals surface area contributed by atoms with E-state index in [4.69, 9.17) is 9.52 Å². The van der Waals surface area contributed by atoms with Crippen LogP contribution in [-0.4, -0.2) is 16.4 Å². The van der Waals surface area contributed by atoms with Crippen LogP contribution in [0.1, 0.15) is 16.3 Å². The number of hydrogen-bond donors (Lipinski definition) is 1. The van der Waals surface area contributed by atoms with Gasteiger partial charge in [0.2, 0.25) is 5.76 Å². The highest BCUT2D eigenvalue weighted by atomic mass is 32.1. The van der Waals surface area contributed by atoms with Crippen molar-refractivity contribution in [3.05, 3.63) is 23.7 Å². The molecule has 0 radical (unpaired) electrons. The molecule has 0 fully saturated rings. The van der Waals surface area contributed by atoms with Crippen LogP contribution in [0, 0.1) is 0 Å². The van der Waals surface area contributed by atoms with Crippen LogP contribution in [0.2, 0.25) is 0 Å². The minimum Gasteiger partial charge on any atom is -0.475 e. The monoisotopic (exact) mass is 156 g/mol. The molecule has 0 saturated carbocycles. The Kier molecular flexibility index (Phi) is 1.82. The van der Waals surface area contributed by atoms with E-state index in [0.29, 0.717) is 5.76 Å². The summed E-state index contributed by atoms with van der Waals surface area (Å²) in [5.74, 6) is -0.772. The first kappa shape index (κ1) is 6.95. The Labute approximate surface area is 62.3 Å². The van der Waals surface area contributed by atoms with Crippen molar-refractivity contribution in [1.82, 2.24) is 0 Å². The Morgan fingerprint density at radius 1 is 1.70 bits per heavy atom. The Morgan fingerprint density at radius 3 is 2.70 bits per heavy atom. The van der Waals surface area contributed by atoms with Crippen molar-refractivity contribution in [1.29, 1.82) is 0 Å². The van der Waals surface area contributed by atoms with Gasteiger partial charge in [0.05, 0.1) is 0 Å². The zero-order valence-electron chi connectivity index (χ0n) is 4.90. The van der Waals surface area contributed by atoms with Gasteiger partial charge in [0, 0.05) is 5.37 Å². The summed E-state index contributed by atoms with van der Waals surface area (Å²) in [7, 11) is 0. The van der Waals surface area contributed by atoms with Crippen molar-refractivity contribution in [2.24, 2.45) is 0 Å². The lowest BCUT2D eigenvalue weighted by Crippen LogP contribution is -1.91. The number of furan rings is 1. The van der Waals surface area contributed by atoms with E-state index in [1.807, 2.05) is 0 Å². The Balaban J connectivity index is 2.98. The van der Waals surface area contributed by atoms with Crippen LogP contribution in [-0.2, 0) is 0 Å². The molecule has 0 spiro atoms. The average Bonchev–Trinajstić information content (AvgIpc) is 2.34. The summed E-state index contributed by atoms with van der Waals surface area (Å²) >= 11 is 4.51. The second-order valence-corrected chi connectivity index (χ2v) is 1.86. The molecule has 4 heteroatoms. The maximum absolute atomic E-state index is 10.2. The Hall–Kier alpha value is -1.16. The van der Waals surface area contributed by atoms with E-state index < -0.39 is 5.97 Å². The highest BCUT2D eigenvalue weighted by molar-refractivity contribution is 7.79. The number of carboxylic acid groups (broad SMARTS) is 1. The van der Waals surface area contributed by atoms with Crippen molar-refractivity contribution in [2.45, 2.75) is 0 Å². The maximum atomic E-state index is 10.2. The molecule has 1 N–H and O–H groups in total. The molecule has 0 atom stereocenters. The predicted octanol–water partition coefficient (Wildman–Crippen LogP) is 1.33. The summed E-state index contributed by atoms with van der Waals surface area (Å²) in [4.78, 5) is 10.2.